The summed E-state index contributed by atoms with van der Waals surface area (Å²) in [5.74, 6) is 2.40. The van der Waals surface area contributed by atoms with E-state index in [0.29, 0.717) is 19.1 Å². The molecule has 0 aliphatic carbocycles. The molecule has 182 valence electrons. The second-order valence-corrected chi connectivity index (χ2v) is 8.50. The van der Waals surface area contributed by atoms with E-state index in [0.717, 1.165) is 76.2 Å². The summed E-state index contributed by atoms with van der Waals surface area (Å²) in [4.78, 5) is 9.68. The van der Waals surface area contributed by atoms with Gasteiger partial charge in [-0.3, -0.25) is 9.58 Å². The molecule has 0 saturated carbocycles. The molecule has 0 amide bonds. The maximum atomic E-state index is 6.00. The van der Waals surface area contributed by atoms with Crippen LogP contribution in [-0.2, 0) is 18.3 Å². The molecule has 2 aliphatic rings. The lowest BCUT2D eigenvalue weighted by atomic mass is 10.0. The molecule has 0 bridgehead atoms. The number of benzene rings is 1. The van der Waals surface area contributed by atoms with Gasteiger partial charge in [0.05, 0.1) is 26.0 Å². The van der Waals surface area contributed by atoms with Crippen LogP contribution in [0.4, 0.5) is 0 Å². The van der Waals surface area contributed by atoms with Crippen molar-refractivity contribution in [2.75, 3.05) is 59.1 Å². The number of aromatic nitrogens is 2. The standard InChI is InChI=1S/C24H36N6O2.HI/c1-3-25-24(30-8-7-21(19-30)22-17-27-28(2)18-22)26-16-20-5-4-6-23(15-20)32-14-11-29-9-12-31-13-10-29;/h4-6,15,17-18,21H,3,7-14,16,19H2,1-2H3,(H,25,26);1H. The van der Waals surface area contributed by atoms with E-state index in [1.54, 1.807) is 0 Å². The number of nitrogens with zero attached hydrogens (tertiary/aromatic N) is 5. The van der Waals surface area contributed by atoms with Crippen LogP contribution in [0.1, 0.15) is 30.4 Å². The van der Waals surface area contributed by atoms with Gasteiger partial charge in [-0.15, -0.1) is 24.0 Å². The molecule has 1 atom stereocenters. The number of morpholine rings is 1. The largest absolute Gasteiger partial charge is 0.492 e. The Kier molecular flexibility index (Phi) is 10.3. The Morgan fingerprint density at radius 1 is 1.27 bits per heavy atom. The zero-order chi connectivity index (χ0) is 22.2. The second kappa shape index (κ2) is 13.1. The van der Waals surface area contributed by atoms with Crippen LogP contribution in [0, 0.1) is 0 Å². The molecule has 2 saturated heterocycles. The van der Waals surface area contributed by atoms with Crippen molar-refractivity contribution in [3.05, 3.63) is 47.8 Å². The van der Waals surface area contributed by atoms with E-state index in [9.17, 15) is 0 Å². The van der Waals surface area contributed by atoms with Crippen LogP contribution in [0.25, 0.3) is 0 Å². The molecular formula is C24H37IN6O2. The highest BCUT2D eigenvalue weighted by molar-refractivity contribution is 14.0. The Hall–Kier alpha value is -1.85. The fourth-order valence-corrected chi connectivity index (χ4v) is 4.32. The van der Waals surface area contributed by atoms with Gasteiger partial charge in [0.25, 0.3) is 0 Å². The molecule has 0 radical (unpaired) electrons. The smallest absolute Gasteiger partial charge is 0.194 e. The maximum absolute atomic E-state index is 6.00. The third kappa shape index (κ3) is 7.58. The summed E-state index contributed by atoms with van der Waals surface area (Å²) >= 11 is 0. The lowest BCUT2D eigenvalue weighted by molar-refractivity contribution is 0.0322. The van der Waals surface area contributed by atoms with Crippen molar-refractivity contribution in [3.63, 3.8) is 0 Å². The fourth-order valence-electron chi connectivity index (χ4n) is 4.32. The molecule has 8 nitrogen and oxygen atoms in total. The van der Waals surface area contributed by atoms with Crippen LogP contribution in [0.5, 0.6) is 5.75 Å². The van der Waals surface area contributed by atoms with Gasteiger partial charge in [-0.05, 0) is 36.6 Å². The van der Waals surface area contributed by atoms with Crippen molar-refractivity contribution >= 4 is 29.9 Å². The molecule has 1 aromatic carbocycles. The molecule has 2 aromatic rings. The summed E-state index contributed by atoms with van der Waals surface area (Å²) < 4.78 is 13.3. The van der Waals surface area contributed by atoms with Crippen molar-refractivity contribution in [1.82, 2.24) is 24.9 Å². The van der Waals surface area contributed by atoms with Crippen LogP contribution >= 0.6 is 24.0 Å². The minimum Gasteiger partial charge on any atom is -0.492 e. The minimum atomic E-state index is 0. The van der Waals surface area contributed by atoms with E-state index in [1.807, 2.05) is 24.0 Å². The van der Waals surface area contributed by atoms with E-state index < -0.39 is 0 Å². The predicted molar refractivity (Wildman–Crippen MR) is 142 cm³/mol. The number of hydrogen-bond donors (Lipinski definition) is 1. The van der Waals surface area contributed by atoms with Gasteiger partial charge in [-0.2, -0.15) is 5.10 Å². The lowest BCUT2D eigenvalue weighted by Crippen LogP contribution is -2.40. The van der Waals surface area contributed by atoms with Crippen LogP contribution < -0.4 is 10.1 Å². The zero-order valence-corrected chi connectivity index (χ0v) is 22.1. The van der Waals surface area contributed by atoms with Gasteiger partial charge >= 0.3 is 0 Å². The Labute approximate surface area is 214 Å². The SMILES string of the molecule is CCNC(=NCc1cccc(OCCN2CCOCC2)c1)N1CCC(c2cnn(C)c2)C1.I. The zero-order valence-electron chi connectivity index (χ0n) is 19.8. The van der Waals surface area contributed by atoms with Crippen molar-refractivity contribution in [3.8, 4) is 5.75 Å². The summed E-state index contributed by atoms with van der Waals surface area (Å²) in [6.45, 7) is 10.8. The van der Waals surface area contributed by atoms with Crippen molar-refractivity contribution < 1.29 is 9.47 Å². The summed E-state index contributed by atoms with van der Waals surface area (Å²) in [6, 6.07) is 8.30. The average molecular weight is 569 g/mol. The number of ether oxygens (including phenoxy) is 2. The minimum absolute atomic E-state index is 0. The highest BCUT2D eigenvalue weighted by Gasteiger charge is 2.26. The van der Waals surface area contributed by atoms with Gasteiger partial charge in [0.15, 0.2) is 5.96 Å². The fraction of sp³-hybridized carbons (Fsp3) is 0.583. The lowest BCUT2D eigenvalue weighted by Gasteiger charge is -2.26. The van der Waals surface area contributed by atoms with E-state index in [4.69, 9.17) is 14.5 Å². The van der Waals surface area contributed by atoms with Crippen molar-refractivity contribution in [2.45, 2.75) is 25.8 Å². The molecule has 1 aromatic heterocycles. The normalized spacial score (nSPS) is 19.4. The molecule has 4 rings (SSSR count). The Balaban J connectivity index is 0.00000306. The molecule has 2 fully saturated rings. The maximum Gasteiger partial charge on any atom is 0.194 e. The number of halogens is 1. The molecule has 1 N–H and O–H groups in total. The summed E-state index contributed by atoms with van der Waals surface area (Å²) in [6.07, 6.45) is 5.24. The first-order valence-electron chi connectivity index (χ1n) is 11.7. The van der Waals surface area contributed by atoms with E-state index in [2.05, 4.69) is 51.5 Å². The number of hydrogen-bond acceptors (Lipinski definition) is 5. The monoisotopic (exact) mass is 568 g/mol. The highest BCUT2D eigenvalue weighted by Crippen LogP contribution is 2.26. The van der Waals surface area contributed by atoms with Gasteiger partial charge in [-0.25, -0.2) is 4.99 Å². The number of likely N-dealkylation sites (tertiary alicyclic amines) is 1. The molecular weight excluding hydrogens is 531 g/mol. The number of nitrogens with one attached hydrogen (secondary N) is 1. The molecule has 9 heteroatoms. The van der Waals surface area contributed by atoms with E-state index >= 15 is 0 Å². The Morgan fingerprint density at radius 2 is 2.12 bits per heavy atom. The Bertz CT molecular complexity index is 883. The van der Waals surface area contributed by atoms with Crippen molar-refractivity contribution in [2.24, 2.45) is 12.0 Å². The van der Waals surface area contributed by atoms with Crippen molar-refractivity contribution in [1.29, 1.82) is 0 Å². The second-order valence-electron chi connectivity index (χ2n) is 8.50. The average Bonchev–Trinajstić information content (AvgIpc) is 3.47. The van der Waals surface area contributed by atoms with Crippen LogP contribution in [0.2, 0.25) is 0 Å². The van der Waals surface area contributed by atoms with Crippen LogP contribution in [0.3, 0.4) is 0 Å². The number of guanidine groups is 1. The summed E-state index contributed by atoms with van der Waals surface area (Å²) in [7, 11) is 1.97. The van der Waals surface area contributed by atoms with Gasteiger partial charge < -0.3 is 19.7 Å². The first-order chi connectivity index (χ1) is 15.7. The number of aliphatic imine (C=N–C) groups is 1. The summed E-state index contributed by atoms with van der Waals surface area (Å²) in [5, 5.41) is 7.80. The van der Waals surface area contributed by atoms with Crippen LogP contribution in [-0.4, -0.2) is 84.6 Å². The molecule has 2 aliphatic heterocycles. The Morgan fingerprint density at radius 3 is 2.88 bits per heavy atom. The number of aryl methyl sites for hydroxylation is 1. The van der Waals surface area contributed by atoms with Gasteiger partial charge in [0, 0.05) is 58.4 Å². The first kappa shape index (κ1) is 25.8. The van der Waals surface area contributed by atoms with Gasteiger partial charge in [0.1, 0.15) is 12.4 Å². The van der Waals surface area contributed by atoms with E-state index in [1.165, 1.54) is 5.56 Å². The molecule has 3 heterocycles. The molecule has 33 heavy (non-hydrogen) atoms. The quantitative estimate of drug-likeness (QED) is 0.300. The predicted octanol–water partition coefficient (Wildman–Crippen LogP) is 2.70. The topological polar surface area (TPSA) is 67.2 Å². The van der Waals surface area contributed by atoms with Gasteiger partial charge in [0.2, 0.25) is 0 Å². The third-order valence-corrected chi connectivity index (χ3v) is 6.11. The van der Waals surface area contributed by atoms with Crippen LogP contribution in [0.15, 0.2) is 41.7 Å². The van der Waals surface area contributed by atoms with Gasteiger partial charge in [-0.1, -0.05) is 12.1 Å². The highest BCUT2D eigenvalue weighted by atomic mass is 127. The first-order valence-corrected chi connectivity index (χ1v) is 11.7. The third-order valence-electron chi connectivity index (χ3n) is 6.11. The summed E-state index contributed by atoms with van der Waals surface area (Å²) in [5.41, 5.74) is 2.47. The van der Waals surface area contributed by atoms with E-state index in [-0.39, 0.29) is 24.0 Å². The molecule has 1 unspecified atom stereocenters. The number of rotatable bonds is 8. The molecule has 0 spiro atoms.